The first-order valence-electron chi connectivity index (χ1n) is 4.83. The molecule has 0 saturated heterocycles. The van der Waals surface area contributed by atoms with E-state index in [1.807, 2.05) is 0 Å². The normalized spacial score (nSPS) is 11.2. The summed E-state index contributed by atoms with van der Waals surface area (Å²) in [5, 5.41) is 8.15. The van der Waals surface area contributed by atoms with Crippen molar-refractivity contribution in [1.29, 1.82) is 0 Å². The maximum Gasteiger partial charge on any atom is 0.238 e. The number of primary sulfonamides is 1. The van der Waals surface area contributed by atoms with E-state index in [4.69, 9.17) is 16.7 Å². The number of halogens is 1. The third-order valence-electron chi connectivity index (χ3n) is 2.04. The molecule has 3 N–H and O–H groups in total. The third kappa shape index (κ3) is 3.16. The molecule has 0 aliphatic rings. The van der Waals surface area contributed by atoms with Gasteiger partial charge < -0.3 is 5.32 Å². The van der Waals surface area contributed by atoms with Crippen LogP contribution < -0.4 is 10.5 Å². The van der Waals surface area contributed by atoms with E-state index in [-0.39, 0.29) is 16.0 Å². The van der Waals surface area contributed by atoms with E-state index in [0.29, 0.717) is 5.69 Å². The minimum atomic E-state index is -3.73. The molecule has 0 saturated carbocycles. The van der Waals surface area contributed by atoms with Gasteiger partial charge in [-0.25, -0.2) is 23.5 Å². The number of nitrogens with zero attached hydrogens (tertiary/aromatic N) is 2. The second-order valence-electron chi connectivity index (χ2n) is 3.40. The summed E-state index contributed by atoms with van der Waals surface area (Å²) in [6.07, 6.45) is 1.49. The van der Waals surface area contributed by atoms with Gasteiger partial charge in [0.1, 0.15) is 5.15 Å². The summed E-state index contributed by atoms with van der Waals surface area (Å²) >= 11 is 5.71. The summed E-state index contributed by atoms with van der Waals surface area (Å²) in [6.45, 7) is 0. The predicted octanol–water partition coefficient (Wildman–Crippen LogP) is 1.52. The van der Waals surface area contributed by atoms with Gasteiger partial charge in [-0.15, -0.1) is 0 Å². The number of nitrogens with one attached hydrogen (secondary N) is 1. The highest BCUT2D eigenvalue weighted by atomic mass is 35.5. The van der Waals surface area contributed by atoms with Crippen LogP contribution in [0.15, 0.2) is 41.4 Å². The van der Waals surface area contributed by atoms with Gasteiger partial charge in [-0.3, -0.25) is 0 Å². The fourth-order valence-electron chi connectivity index (χ4n) is 1.28. The molecule has 6 nitrogen and oxygen atoms in total. The third-order valence-corrected chi connectivity index (χ3v) is 3.16. The molecule has 1 aromatic heterocycles. The van der Waals surface area contributed by atoms with E-state index in [9.17, 15) is 8.42 Å². The molecule has 0 radical (unpaired) electrons. The molecular formula is C10H9ClN4O2S. The lowest BCUT2D eigenvalue weighted by molar-refractivity contribution is 0.598. The second kappa shape index (κ2) is 4.89. The number of anilines is 2. The van der Waals surface area contributed by atoms with Gasteiger partial charge in [-0.2, -0.15) is 0 Å². The molecule has 18 heavy (non-hydrogen) atoms. The molecule has 0 atom stereocenters. The Morgan fingerprint density at radius 1 is 1.28 bits per heavy atom. The summed E-state index contributed by atoms with van der Waals surface area (Å²) in [6, 6.07) is 7.55. The van der Waals surface area contributed by atoms with Gasteiger partial charge in [-0.1, -0.05) is 17.7 Å². The molecule has 1 aromatic carbocycles. The number of benzene rings is 1. The molecule has 1 heterocycles. The van der Waals surface area contributed by atoms with Crippen LogP contribution in [0.5, 0.6) is 0 Å². The first-order valence-corrected chi connectivity index (χ1v) is 6.76. The smallest absolute Gasteiger partial charge is 0.238 e. The molecule has 0 amide bonds. The summed E-state index contributed by atoms with van der Waals surface area (Å²) in [5.74, 6) is 0.272. The number of aromatic nitrogens is 2. The first kappa shape index (κ1) is 12.7. The highest BCUT2D eigenvalue weighted by molar-refractivity contribution is 7.89. The van der Waals surface area contributed by atoms with Crippen molar-refractivity contribution < 1.29 is 8.42 Å². The van der Waals surface area contributed by atoms with Crippen LogP contribution in [0.4, 0.5) is 11.6 Å². The lowest BCUT2D eigenvalue weighted by Crippen LogP contribution is -2.12. The van der Waals surface area contributed by atoms with Crippen molar-refractivity contribution >= 4 is 33.3 Å². The van der Waals surface area contributed by atoms with Crippen molar-refractivity contribution in [2.45, 2.75) is 4.90 Å². The number of rotatable bonds is 3. The van der Waals surface area contributed by atoms with E-state index < -0.39 is 10.0 Å². The molecule has 0 fully saturated rings. The zero-order valence-electron chi connectivity index (χ0n) is 9.04. The Hall–Kier alpha value is -1.70. The van der Waals surface area contributed by atoms with Crippen molar-refractivity contribution in [3.8, 4) is 0 Å². The van der Waals surface area contributed by atoms with E-state index in [1.54, 1.807) is 12.1 Å². The molecule has 94 valence electrons. The Labute approximate surface area is 109 Å². The van der Waals surface area contributed by atoms with E-state index in [2.05, 4.69) is 15.3 Å². The standard InChI is InChI=1S/C10H9ClN4O2S/c11-9-4-5-13-10(15-9)14-7-2-1-3-8(6-7)18(12,16)17/h1-6H,(H2,12,16,17)(H,13,14,15). The molecule has 0 aliphatic heterocycles. The van der Waals surface area contributed by atoms with Gasteiger partial charge in [0.05, 0.1) is 4.90 Å². The minimum Gasteiger partial charge on any atom is -0.324 e. The maximum absolute atomic E-state index is 11.2. The molecule has 8 heteroatoms. The van der Waals surface area contributed by atoms with Crippen LogP contribution in [0, 0.1) is 0 Å². The molecule has 0 aliphatic carbocycles. The average molecular weight is 285 g/mol. The van der Waals surface area contributed by atoms with Crippen LogP contribution in [0.1, 0.15) is 0 Å². The first-order chi connectivity index (χ1) is 8.45. The Kier molecular flexibility index (Phi) is 3.46. The van der Waals surface area contributed by atoms with Gasteiger partial charge in [0, 0.05) is 11.9 Å². The van der Waals surface area contributed by atoms with Gasteiger partial charge in [0.2, 0.25) is 16.0 Å². The Balaban J connectivity index is 2.30. The molecule has 2 rings (SSSR count). The van der Waals surface area contributed by atoms with Crippen LogP contribution >= 0.6 is 11.6 Å². The van der Waals surface area contributed by atoms with Gasteiger partial charge >= 0.3 is 0 Å². The lowest BCUT2D eigenvalue weighted by Gasteiger charge is -2.06. The summed E-state index contributed by atoms with van der Waals surface area (Å²) in [4.78, 5) is 7.87. The lowest BCUT2D eigenvalue weighted by atomic mass is 10.3. The number of sulfonamides is 1. The fourth-order valence-corrected chi connectivity index (χ4v) is 1.97. The quantitative estimate of drug-likeness (QED) is 0.833. The Bertz CT molecular complexity index is 675. The monoisotopic (exact) mass is 284 g/mol. The molecule has 2 aromatic rings. The van der Waals surface area contributed by atoms with Crippen molar-refractivity contribution in [3.63, 3.8) is 0 Å². The largest absolute Gasteiger partial charge is 0.324 e. The SMILES string of the molecule is NS(=O)(=O)c1cccc(Nc2nccc(Cl)n2)c1. The maximum atomic E-state index is 11.2. The highest BCUT2D eigenvalue weighted by Gasteiger charge is 2.08. The van der Waals surface area contributed by atoms with Crippen LogP contribution in [-0.2, 0) is 10.0 Å². The van der Waals surface area contributed by atoms with Crippen molar-refractivity contribution in [1.82, 2.24) is 9.97 Å². The molecule has 0 bridgehead atoms. The van der Waals surface area contributed by atoms with Crippen molar-refractivity contribution in [3.05, 3.63) is 41.7 Å². The van der Waals surface area contributed by atoms with Crippen molar-refractivity contribution in [2.24, 2.45) is 5.14 Å². The number of hydrogen-bond donors (Lipinski definition) is 2. The van der Waals surface area contributed by atoms with Gasteiger partial charge in [0.25, 0.3) is 0 Å². The predicted molar refractivity (Wildman–Crippen MR) is 68.1 cm³/mol. The molecule has 0 spiro atoms. The second-order valence-corrected chi connectivity index (χ2v) is 5.35. The van der Waals surface area contributed by atoms with Crippen LogP contribution in [0.2, 0.25) is 5.15 Å². The van der Waals surface area contributed by atoms with E-state index in [0.717, 1.165) is 0 Å². The number of hydrogen-bond acceptors (Lipinski definition) is 5. The Morgan fingerprint density at radius 3 is 2.72 bits per heavy atom. The van der Waals surface area contributed by atoms with Gasteiger partial charge in [0.15, 0.2) is 0 Å². The Morgan fingerprint density at radius 2 is 2.06 bits per heavy atom. The van der Waals surface area contributed by atoms with Crippen LogP contribution in [0.3, 0.4) is 0 Å². The summed E-state index contributed by atoms with van der Waals surface area (Å²) < 4.78 is 22.4. The molecule has 0 unspecified atom stereocenters. The molecular weight excluding hydrogens is 276 g/mol. The van der Waals surface area contributed by atoms with Crippen LogP contribution in [-0.4, -0.2) is 18.4 Å². The topological polar surface area (TPSA) is 98.0 Å². The van der Waals surface area contributed by atoms with Gasteiger partial charge in [-0.05, 0) is 24.3 Å². The van der Waals surface area contributed by atoms with Crippen molar-refractivity contribution in [2.75, 3.05) is 5.32 Å². The van der Waals surface area contributed by atoms with E-state index in [1.165, 1.54) is 24.4 Å². The summed E-state index contributed by atoms with van der Waals surface area (Å²) in [5.41, 5.74) is 0.504. The average Bonchev–Trinajstić information content (AvgIpc) is 2.28. The van der Waals surface area contributed by atoms with Crippen LogP contribution in [0.25, 0.3) is 0 Å². The number of nitrogens with two attached hydrogens (primary N) is 1. The highest BCUT2D eigenvalue weighted by Crippen LogP contribution is 2.17. The van der Waals surface area contributed by atoms with E-state index >= 15 is 0 Å². The fraction of sp³-hybridized carbons (Fsp3) is 0. The zero-order valence-corrected chi connectivity index (χ0v) is 10.6. The minimum absolute atomic E-state index is 0.00882. The summed E-state index contributed by atoms with van der Waals surface area (Å²) in [7, 11) is -3.73. The zero-order chi connectivity index (χ0) is 13.2.